The molecule has 0 aromatic heterocycles. The van der Waals surface area contributed by atoms with Gasteiger partial charge in [-0.15, -0.1) is 0 Å². The summed E-state index contributed by atoms with van der Waals surface area (Å²) in [6.07, 6.45) is 11.4. The molecule has 0 bridgehead atoms. The SMILES string of the molecule is C=C1C(=CC=C2CCC[C@@]3(C)C2CC[C@@H]3[C@H](C)SCCC(C)(C)O)C[C@@H](O)C[C@@H]1O. The summed E-state index contributed by atoms with van der Waals surface area (Å²) in [4.78, 5) is 0. The van der Waals surface area contributed by atoms with Crippen molar-refractivity contribution in [1.82, 2.24) is 0 Å². The van der Waals surface area contributed by atoms with Crippen LogP contribution in [0.4, 0.5) is 0 Å². The van der Waals surface area contributed by atoms with Crippen molar-refractivity contribution in [2.75, 3.05) is 5.75 Å². The first-order chi connectivity index (χ1) is 14.0. The summed E-state index contributed by atoms with van der Waals surface area (Å²) >= 11 is 2.03. The Morgan fingerprint density at radius 2 is 2.00 bits per heavy atom. The second-order valence-electron chi connectivity index (χ2n) is 10.8. The van der Waals surface area contributed by atoms with Crippen LogP contribution in [0.2, 0.25) is 0 Å². The van der Waals surface area contributed by atoms with Crippen LogP contribution in [0.15, 0.2) is 35.5 Å². The molecule has 4 heteroatoms. The van der Waals surface area contributed by atoms with Gasteiger partial charge in [-0.2, -0.15) is 11.8 Å². The fraction of sp³-hybridized carbons (Fsp3) is 0.769. The van der Waals surface area contributed by atoms with Crippen LogP contribution in [0.1, 0.15) is 79.1 Å². The largest absolute Gasteiger partial charge is 0.393 e. The predicted molar refractivity (Wildman–Crippen MR) is 128 cm³/mol. The highest BCUT2D eigenvalue weighted by Crippen LogP contribution is 2.59. The highest BCUT2D eigenvalue weighted by atomic mass is 32.2. The average molecular weight is 435 g/mol. The van der Waals surface area contributed by atoms with E-state index in [9.17, 15) is 15.3 Å². The van der Waals surface area contributed by atoms with Crippen LogP contribution in [-0.4, -0.2) is 44.1 Å². The van der Waals surface area contributed by atoms with E-state index in [-0.39, 0.29) is 0 Å². The molecule has 3 fully saturated rings. The second-order valence-corrected chi connectivity index (χ2v) is 12.3. The summed E-state index contributed by atoms with van der Waals surface area (Å²) in [5, 5.41) is 30.8. The third-order valence-electron chi connectivity index (χ3n) is 7.96. The smallest absolute Gasteiger partial charge is 0.0811 e. The molecule has 3 rings (SSSR count). The summed E-state index contributed by atoms with van der Waals surface area (Å²) in [5.41, 5.74) is 3.11. The van der Waals surface area contributed by atoms with E-state index < -0.39 is 17.8 Å². The van der Waals surface area contributed by atoms with E-state index in [1.54, 1.807) is 5.57 Å². The molecule has 0 radical (unpaired) electrons. The van der Waals surface area contributed by atoms with Gasteiger partial charge in [0.05, 0.1) is 17.8 Å². The number of aliphatic hydroxyl groups excluding tert-OH is 2. The molecule has 0 heterocycles. The lowest BCUT2D eigenvalue weighted by atomic mass is 9.63. The Balaban J connectivity index is 1.70. The van der Waals surface area contributed by atoms with Crippen LogP contribution in [0.3, 0.4) is 0 Å². The van der Waals surface area contributed by atoms with E-state index in [1.807, 2.05) is 25.6 Å². The van der Waals surface area contributed by atoms with E-state index in [0.717, 1.165) is 35.7 Å². The molecule has 3 nitrogen and oxygen atoms in total. The number of allylic oxidation sites excluding steroid dienone is 3. The van der Waals surface area contributed by atoms with Gasteiger partial charge in [0.1, 0.15) is 0 Å². The van der Waals surface area contributed by atoms with E-state index in [1.165, 1.54) is 25.7 Å². The molecule has 0 aromatic carbocycles. The van der Waals surface area contributed by atoms with E-state index in [2.05, 4.69) is 32.6 Å². The highest BCUT2D eigenvalue weighted by Gasteiger charge is 2.50. The molecule has 30 heavy (non-hydrogen) atoms. The molecule has 3 N–H and O–H groups in total. The van der Waals surface area contributed by atoms with Crippen LogP contribution < -0.4 is 0 Å². The summed E-state index contributed by atoms with van der Waals surface area (Å²) in [6.45, 7) is 12.8. The lowest BCUT2D eigenvalue weighted by Gasteiger charge is -2.44. The summed E-state index contributed by atoms with van der Waals surface area (Å²) in [6, 6.07) is 0. The number of thioether (sulfide) groups is 1. The van der Waals surface area contributed by atoms with Gasteiger partial charge in [0.15, 0.2) is 0 Å². The van der Waals surface area contributed by atoms with Crippen LogP contribution in [-0.2, 0) is 0 Å². The van der Waals surface area contributed by atoms with Crippen molar-refractivity contribution in [2.45, 2.75) is 102 Å². The highest BCUT2D eigenvalue weighted by molar-refractivity contribution is 7.99. The molecule has 0 spiro atoms. The maximum absolute atomic E-state index is 10.1. The Morgan fingerprint density at radius 3 is 2.70 bits per heavy atom. The third kappa shape index (κ3) is 5.43. The van der Waals surface area contributed by atoms with Crippen molar-refractivity contribution < 1.29 is 15.3 Å². The molecule has 0 amide bonds. The monoisotopic (exact) mass is 434 g/mol. The first-order valence-corrected chi connectivity index (χ1v) is 12.8. The van der Waals surface area contributed by atoms with Gasteiger partial charge in [-0.25, -0.2) is 0 Å². The number of hydrogen-bond acceptors (Lipinski definition) is 4. The quantitative estimate of drug-likeness (QED) is 0.523. The first-order valence-electron chi connectivity index (χ1n) is 11.8. The maximum Gasteiger partial charge on any atom is 0.0811 e. The van der Waals surface area contributed by atoms with Crippen molar-refractivity contribution in [3.63, 3.8) is 0 Å². The molecule has 170 valence electrons. The molecule has 0 saturated heterocycles. The molecule has 0 aromatic rings. The zero-order valence-corrected chi connectivity index (χ0v) is 20.2. The zero-order chi connectivity index (χ0) is 22.1. The molecular formula is C26H42O3S. The Bertz CT molecular complexity index is 689. The third-order valence-corrected chi connectivity index (χ3v) is 9.26. The molecule has 0 aliphatic heterocycles. The number of rotatable bonds is 6. The van der Waals surface area contributed by atoms with Crippen LogP contribution in [0.25, 0.3) is 0 Å². The van der Waals surface area contributed by atoms with Gasteiger partial charge in [0.2, 0.25) is 0 Å². The number of aliphatic hydroxyl groups is 3. The Labute approximate surface area is 187 Å². The van der Waals surface area contributed by atoms with Crippen molar-refractivity contribution in [3.8, 4) is 0 Å². The van der Waals surface area contributed by atoms with Gasteiger partial charge in [-0.05, 0) is 92.9 Å². The molecule has 3 aliphatic rings. The number of hydrogen-bond donors (Lipinski definition) is 3. The van der Waals surface area contributed by atoms with Crippen LogP contribution in [0, 0.1) is 17.3 Å². The Kier molecular flexibility index (Phi) is 7.65. The average Bonchev–Trinajstić information content (AvgIpc) is 3.00. The van der Waals surface area contributed by atoms with Crippen molar-refractivity contribution in [2.24, 2.45) is 17.3 Å². The minimum absolute atomic E-state index is 0.354. The molecule has 3 saturated carbocycles. The van der Waals surface area contributed by atoms with Gasteiger partial charge in [-0.1, -0.05) is 38.2 Å². The Hall–Kier alpha value is -0.550. The zero-order valence-electron chi connectivity index (χ0n) is 19.4. The number of fused-ring (bicyclic) bond motifs is 1. The maximum atomic E-state index is 10.1. The standard InChI is InChI=1S/C26H42O3S/c1-17-20(15-21(27)16-24(17)28)9-8-19-7-6-12-26(5)22(10-11-23(19)26)18(2)30-14-13-25(3,4)29/h8-9,18,21-24,27-29H,1,6-7,10-16H2,2-5H3/t18-,21+,22+,23?,24-,26+/m0/s1. The second kappa shape index (κ2) is 9.52. The summed E-state index contributed by atoms with van der Waals surface area (Å²) < 4.78 is 0. The fourth-order valence-corrected chi connectivity index (χ4v) is 7.79. The van der Waals surface area contributed by atoms with Gasteiger partial charge in [0.25, 0.3) is 0 Å². The van der Waals surface area contributed by atoms with Gasteiger partial charge >= 0.3 is 0 Å². The molecular weight excluding hydrogens is 392 g/mol. The van der Waals surface area contributed by atoms with Crippen molar-refractivity contribution in [1.29, 1.82) is 0 Å². The normalized spacial score (nSPS) is 38.8. The predicted octanol–water partition coefficient (Wildman–Crippen LogP) is 5.41. The van der Waals surface area contributed by atoms with E-state index in [4.69, 9.17) is 0 Å². The van der Waals surface area contributed by atoms with Gasteiger partial charge in [-0.3, -0.25) is 0 Å². The van der Waals surface area contributed by atoms with Crippen LogP contribution in [0.5, 0.6) is 0 Å². The fourth-order valence-electron chi connectivity index (χ4n) is 6.13. The van der Waals surface area contributed by atoms with Crippen LogP contribution >= 0.6 is 11.8 Å². The molecule has 6 atom stereocenters. The first kappa shape index (κ1) is 24.1. The Morgan fingerprint density at radius 1 is 1.27 bits per heavy atom. The lowest BCUT2D eigenvalue weighted by molar-refractivity contribution is 0.0776. The van der Waals surface area contributed by atoms with Gasteiger partial charge < -0.3 is 15.3 Å². The van der Waals surface area contributed by atoms with Crippen molar-refractivity contribution in [3.05, 3.63) is 35.5 Å². The molecule has 1 unspecified atom stereocenters. The topological polar surface area (TPSA) is 60.7 Å². The van der Waals surface area contributed by atoms with Gasteiger partial charge in [0, 0.05) is 11.7 Å². The van der Waals surface area contributed by atoms with E-state index in [0.29, 0.717) is 29.4 Å². The van der Waals surface area contributed by atoms with Crippen molar-refractivity contribution >= 4 is 11.8 Å². The minimum atomic E-state index is -0.618. The summed E-state index contributed by atoms with van der Waals surface area (Å²) in [5.74, 6) is 2.37. The molecule has 3 aliphatic carbocycles. The minimum Gasteiger partial charge on any atom is -0.393 e. The van der Waals surface area contributed by atoms with E-state index >= 15 is 0 Å². The lowest BCUT2D eigenvalue weighted by Crippen LogP contribution is -2.37. The summed E-state index contributed by atoms with van der Waals surface area (Å²) in [7, 11) is 0.